The summed E-state index contributed by atoms with van der Waals surface area (Å²) in [6.45, 7) is 8.04. The molecule has 0 spiro atoms. The van der Waals surface area contributed by atoms with Crippen LogP contribution < -0.4 is 4.74 Å². The monoisotopic (exact) mass is 208 g/mol. The maximum Gasteiger partial charge on any atom is 0.213 e. The van der Waals surface area contributed by atoms with Crippen LogP contribution in [0.25, 0.3) is 0 Å². The van der Waals surface area contributed by atoms with Crippen LogP contribution in [0.1, 0.15) is 19.4 Å². The molecule has 3 heteroatoms. The molecule has 0 amide bonds. The molecule has 0 atom stereocenters. The molecule has 0 unspecified atom stereocenters. The summed E-state index contributed by atoms with van der Waals surface area (Å²) in [5.74, 6) is 0.740. The molecule has 0 aliphatic carbocycles. The van der Waals surface area contributed by atoms with Gasteiger partial charge in [-0.25, -0.2) is 4.98 Å². The first kappa shape index (κ1) is 12.0. The molecule has 15 heavy (non-hydrogen) atoms. The van der Waals surface area contributed by atoms with Gasteiger partial charge in [0, 0.05) is 25.4 Å². The molecule has 1 aliphatic heterocycles. The zero-order valence-corrected chi connectivity index (χ0v) is 10.0. The summed E-state index contributed by atoms with van der Waals surface area (Å²) < 4.78 is 5.62. The van der Waals surface area contributed by atoms with Crippen LogP contribution in [0, 0.1) is 6.92 Å². The van der Waals surface area contributed by atoms with Crippen LogP contribution in [-0.4, -0.2) is 36.1 Å². The summed E-state index contributed by atoms with van der Waals surface area (Å²) in [7, 11) is 2.09. The van der Waals surface area contributed by atoms with Crippen LogP contribution in [0.4, 0.5) is 0 Å². The van der Waals surface area contributed by atoms with Gasteiger partial charge in [-0.2, -0.15) is 0 Å². The molecule has 0 saturated carbocycles. The summed E-state index contributed by atoms with van der Waals surface area (Å²) >= 11 is 0. The van der Waals surface area contributed by atoms with E-state index in [2.05, 4.69) is 16.9 Å². The first-order chi connectivity index (χ1) is 7.24. The predicted molar refractivity (Wildman–Crippen MR) is 62.2 cm³/mol. The van der Waals surface area contributed by atoms with Gasteiger partial charge in [0.05, 0.1) is 0 Å². The quantitative estimate of drug-likeness (QED) is 0.744. The van der Waals surface area contributed by atoms with Crippen molar-refractivity contribution < 1.29 is 4.74 Å². The van der Waals surface area contributed by atoms with E-state index < -0.39 is 0 Å². The Bertz CT molecular complexity index is 278. The van der Waals surface area contributed by atoms with E-state index in [0.717, 1.165) is 24.5 Å². The largest absolute Gasteiger partial charge is 0.472 e. The second-order valence-electron chi connectivity index (χ2n) is 3.63. The molecule has 1 fully saturated rings. The molecule has 2 rings (SSSR count). The van der Waals surface area contributed by atoms with Crippen molar-refractivity contribution >= 4 is 0 Å². The van der Waals surface area contributed by atoms with Crippen LogP contribution in [0.3, 0.4) is 0 Å². The average Bonchev–Trinajstić information content (AvgIpc) is 2.22. The van der Waals surface area contributed by atoms with E-state index in [4.69, 9.17) is 4.74 Å². The summed E-state index contributed by atoms with van der Waals surface area (Å²) in [6, 6.07) is 3.94. The van der Waals surface area contributed by atoms with Gasteiger partial charge >= 0.3 is 0 Å². The van der Waals surface area contributed by atoms with Gasteiger partial charge in [0.2, 0.25) is 5.88 Å². The lowest BCUT2D eigenvalue weighted by molar-refractivity contribution is 0.0355. The number of hydrogen-bond acceptors (Lipinski definition) is 3. The minimum Gasteiger partial charge on any atom is -0.472 e. The number of likely N-dealkylation sites (N-methyl/N-ethyl adjacent to an activating group) is 1. The Balaban J connectivity index is 0.000000531. The number of aromatic nitrogens is 1. The molecule has 3 nitrogen and oxygen atoms in total. The number of likely N-dealkylation sites (tertiary alicyclic amines) is 1. The Morgan fingerprint density at radius 2 is 2.00 bits per heavy atom. The summed E-state index contributed by atoms with van der Waals surface area (Å²) in [5, 5.41) is 0. The second-order valence-corrected chi connectivity index (χ2v) is 3.63. The molecule has 1 aliphatic rings. The van der Waals surface area contributed by atoms with E-state index >= 15 is 0 Å². The van der Waals surface area contributed by atoms with Crippen molar-refractivity contribution in [1.82, 2.24) is 9.88 Å². The van der Waals surface area contributed by atoms with Gasteiger partial charge in [0.1, 0.15) is 6.10 Å². The van der Waals surface area contributed by atoms with Gasteiger partial charge in [-0.05, 0) is 19.5 Å². The van der Waals surface area contributed by atoms with E-state index in [9.17, 15) is 0 Å². The molecule has 2 heterocycles. The second kappa shape index (κ2) is 5.71. The number of nitrogens with zero attached hydrogens (tertiary/aromatic N) is 2. The maximum atomic E-state index is 5.62. The van der Waals surface area contributed by atoms with Crippen LogP contribution in [0.5, 0.6) is 5.88 Å². The van der Waals surface area contributed by atoms with E-state index in [1.165, 1.54) is 0 Å². The SMILES string of the molecule is CC.Cc1ccc(OC2CN(C)C2)nc1. The van der Waals surface area contributed by atoms with Crippen LogP contribution in [0.15, 0.2) is 18.3 Å². The third-order valence-corrected chi connectivity index (χ3v) is 2.20. The Kier molecular flexibility index (Phi) is 4.56. The van der Waals surface area contributed by atoms with Crippen molar-refractivity contribution in [3.8, 4) is 5.88 Å². The van der Waals surface area contributed by atoms with Crippen molar-refractivity contribution in [2.75, 3.05) is 20.1 Å². The molecular formula is C12H20N2O. The summed E-state index contributed by atoms with van der Waals surface area (Å²) in [6.07, 6.45) is 2.16. The predicted octanol–water partition coefficient (Wildman–Crippen LogP) is 2.11. The molecule has 1 aromatic rings. The van der Waals surface area contributed by atoms with Crippen molar-refractivity contribution in [2.24, 2.45) is 0 Å². The molecule has 84 valence electrons. The van der Waals surface area contributed by atoms with Gasteiger partial charge in [-0.15, -0.1) is 0 Å². The Morgan fingerprint density at radius 1 is 1.33 bits per heavy atom. The number of ether oxygens (including phenoxy) is 1. The smallest absolute Gasteiger partial charge is 0.213 e. The lowest BCUT2D eigenvalue weighted by Gasteiger charge is -2.35. The number of hydrogen-bond donors (Lipinski definition) is 0. The Morgan fingerprint density at radius 3 is 2.47 bits per heavy atom. The molecular weight excluding hydrogens is 188 g/mol. The van der Waals surface area contributed by atoms with Crippen molar-refractivity contribution in [3.63, 3.8) is 0 Å². The first-order valence-corrected chi connectivity index (χ1v) is 5.52. The van der Waals surface area contributed by atoms with E-state index in [1.54, 1.807) is 0 Å². The van der Waals surface area contributed by atoms with Crippen molar-refractivity contribution in [1.29, 1.82) is 0 Å². The number of aryl methyl sites for hydroxylation is 1. The van der Waals surface area contributed by atoms with Gasteiger partial charge in [0.15, 0.2) is 0 Å². The van der Waals surface area contributed by atoms with Gasteiger partial charge in [-0.1, -0.05) is 19.9 Å². The fourth-order valence-electron chi connectivity index (χ4n) is 1.41. The lowest BCUT2D eigenvalue weighted by atomic mass is 10.2. The third kappa shape index (κ3) is 3.51. The van der Waals surface area contributed by atoms with E-state index in [1.807, 2.05) is 39.1 Å². The zero-order chi connectivity index (χ0) is 11.3. The normalized spacial score (nSPS) is 16.3. The Labute approximate surface area is 92.1 Å². The van der Waals surface area contributed by atoms with E-state index in [0.29, 0.717) is 6.10 Å². The topological polar surface area (TPSA) is 25.4 Å². The van der Waals surface area contributed by atoms with E-state index in [-0.39, 0.29) is 0 Å². The number of pyridine rings is 1. The van der Waals surface area contributed by atoms with Crippen molar-refractivity contribution in [2.45, 2.75) is 26.9 Å². The highest BCUT2D eigenvalue weighted by Crippen LogP contribution is 2.14. The third-order valence-electron chi connectivity index (χ3n) is 2.20. The maximum absolute atomic E-state index is 5.62. The highest BCUT2D eigenvalue weighted by molar-refractivity contribution is 5.16. The molecule has 0 radical (unpaired) electrons. The van der Waals surface area contributed by atoms with Crippen molar-refractivity contribution in [3.05, 3.63) is 23.9 Å². The first-order valence-electron chi connectivity index (χ1n) is 5.52. The van der Waals surface area contributed by atoms with Crippen LogP contribution >= 0.6 is 0 Å². The standard InChI is InChI=1S/C10H14N2O.C2H6/c1-8-3-4-10(11-5-8)13-9-6-12(2)7-9;1-2/h3-5,9H,6-7H2,1-2H3;1-2H3. The fourth-order valence-corrected chi connectivity index (χ4v) is 1.41. The van der Waals surface area contributed by atoms with Gasteiger partial charge < -0.3 is 4.74 Å². The summed E-state index contributed by atoms with van der Waals surface area (Å²) in [4.78, 5) is 6.41. The van der Waals surface area contributed by atoms with Crippen LogP contribution in [-0.2, 0) is 0 Å². The molecule has 1 aromatic heterocycles. The average molecular weight is 208 g/mol. The van der Waals surface area contributed by atoms with Gasteiger partial charge in [-0.3, -0.25) is 4.90 Å². The molecule has 0 N–H and O–H groups in total. The molecule has 0 bridgehead atoms. The highest BCUT2D eigenvalue weighted by atomic mass is 16.5. The highest BCUT2D eigenvalue weighted by Gasteiger charge is 2.24. The Hall–Kier alpha value is -1.09. The fraction of sp³-hybridized carbons (Fsp3) is 0.583. The minimum atomic E-state index is 0.334. The lowest BCUT2D eigenvalue weighted by Crippen LogP contribution is -2.51. The molecule has 1 saturated heterocycles. The zero-order valence-electron chi connectivity index (χ0n) is 10.0. The van der Waals surface area contributed by atoms with Gasteiger partial charge in [0.25, 0.3) is 0 Å². The minimum absolute atomic E-state index is 0.334. The summed E-state index contributed by atoms with van der Waals surface area (Å²) in [5.41, 5.74) is 1.16. The number of rotatable bonds is 2. The molecule has 0 aromatic carbocycles. The van der Waals surface area contributed by atoms with Crippen LogP contribution in [0.2, 0.25) is 0 Å².